The number of carbonyl (C=O) groups is 1. The van der Waals surface area contributed by atoms with Crippen molar-refractivity contribution >= 4 is 17.1 Å². The second kappa shape index (κ2) is 7.57. The molecular weight excluding hydrogens is 361 g/mol. The van der Waals surface area contributed by atoms with Gasteiger partial charge in [0.2, 0.25) is 0 Å². The molecule has 0 spiro atoms. The van der Waals surface area contributed by atoms with Gasteiger partial charge in [-0.3, -0.25) is 4.79 Å². The van der Waals surface area contributed by atoms with E-state index in [2.05, 4.69) is 7.05 Å². The van der Waals surface area contributed by atoms with Crippen molar-refractivity contribution in [2.45, 2.75) is 12.8 Å². The zero-order valence-corrected chi connectivity index (χ0v) is 13.7. The van der Waals surface area contributed by atoms with E-state index in [1.54, 1.807) is 11.3 Å². The lowest BCUT2D eigenvalue weighted by atomic mass is 10.1. The van der Waals surface area contributed by atoms with Gasteiger partial charge in [-0.05, 0) is 11.4 Å². The fourth-order valence-corrected chi connectivity index (χ4v) is 2.86. The van der Waals surface area contributed by atoms with Crippen molar-refractivity contribution in [1.29, 1.82) is 0 Å². The van der Waals surface area contributed by atoms with Gasteiger partial charge >= 0.3 is 0 Å². The molecule has 0 N–H and O–H groups in total. The van der Waals surface area contributed by atoms with Gasteiger partial charge in [0.25, 0.3) is 0 Å². The van der Waals surface area contributed by atoms with Crippen molar-refractivity contribution < 1.29 is 38.0 Å². The van der Waals surface area contributed by atoms with Crippen molar-refractivity contribution in [3.05, 3.63) is 22.4 Å². The summed E-state index contributed by atoms with van der Waals surface area (Å²) in [6, 6.07) is 1.91. The van der Waals surface area contributed by atoms with Crippen molar-refractivity contribution in [2.24, 2.45) is 0 Å². The number of thiophene rings is 1. The van der Waals surface area contributed by atoms with Gasteiger partial charge in [0.05, 0.1) is 26.8 Å². The molecule has 2 rings (SSSR count). The van der Waals surface area contributed by atoms with Crippen LogP contribution in [0.5, 0.6) is 0 Å². The summed E-state index contributed by atoms with van der Waals surface area (Å²) in [5, 5.41) is 3.90. The Balaban J connectivity index is 0.00000162. The van der Waals surface area contributed by atoms with Crippen LogP contribution in [0, 0.1) is 0 Å². The van der Waals surface area contributed by atoms with Crippen LogP contribution in [0.4, 0.5) is 0 Å². The number of carbonyl (C=O) groups excluding carboxylic acids is 1. The smallest absolute Gasteiger partial charge is 0.163 e. The number of hydrogen-bond donors (Lipinski definition) is 0. The maximum absolute atomic E-state index is 11.8. The molecule has 0 amide bonds. The number of likely N-dealkylation sites (N-methyl/N-ethyl adjacent to an activating group) is 1. The Hall–Kier alpha value is 0.0200. The van der Waals surface area contributed by atoms with Crippen LogP contribution >= 0.6 is 11.3 Å². The van der Waals surface area contributed by atoms with Crippen LogP contribution in [0.25, 0.3) is 0 Å². The van der Waals surface area contributed by atoms with E-state index in [4.69, 9.17) is 4.74 Å². The SMILES string of the molecule is C[N+]1(CCCC(=O)c2ccsc2)CCOCC1.[I-]. The molecule has 1 fully saturated rings. The van der Waals surface area contributed by atoms with Gasteiger partial charge in [-0.2, -0.15) is 11.3 Å². The molecule has 0 atom stereocenters. The zero-order chi connectivity index (χ0) is 12.1. The first-order chi connectivity index (χ1) is 8.20. The van der Waals surface area contributed by atoms with Crippen LogP contribution in [0.15, 0.2) is 16.8 Å². The van der Waals surface area contributed by atoms with Crippen molar-refractivity contribution in [1.82, 2.24) is 0 Å². The number of halogens is 1. The van der Waals surface area contributed by atoms with E-state index >= 15 is 0 Å². The molecule has 3 nitrogen and oxygen atoms in total. The van der Waals surface area contributed by atoms with Gasteiger partial charge in [-0.1, -0.05) is 0 Å². The number of Topliss-reactive ketones (excluding diaryl/α,β-unsaturated/α-hetero) is 1. The first-order valence-corrected chi connectivity index (χ1v) is 7.11. The molecule has 1 aliphatic heterocycles. The molecule has 2 heterocycles. The van der Waals surface area contributed by atoms with Crippen LogP contribution in [0.1, 0.15) is 23.2 Å². The van der Waals surface area contributed by atoms with Gasteiger partial charge in [0, 0.05) is 23.8 Å². The second-order valence-corrected chi connectivity index (χ2v) is 5.72. The highest BCUT2D eigenvalue weighted by Crippen LogP contribution is 2.13. The lowest BCUT2D eigenvalue weighted by Crippen LogP contribution is -3.00. The van der Waals surface area contributed by atoms with E-state index in [1.807, 2.05) is 16.8 Å². The zero-order valence-electron chi connectivity index (χ0n) is 10.7. The van der Waals surface area contributed by atoms with E-state index in [-0.39, 0.29) is 29.8 Å². The Morgan fingerprint density at radius 3 is 2.78 bits per heavy atom. The number of ether oxygens (including phenoxy) is 1. The summed E-state index contributed by atoms with van der Waals surface area (Å²) < 4.78 is 6.42. The highest BCUT2D eigenvalue weighted by molar-refractivity contribution is 7.08. The Bertz CT molecular complexity index is 361. The van der Waals surface area contributed by atoms with Crippen molar-refractivity contribution in [3.8, 4) is 0 Å². The monoisotopic (exact) mass is 381 g/mol. The number of rotatable bonds is 5. The van der Waals surface area contributed by atoms with Crippen LogP contribution in [0.2, 0.25) is 0 Å². The summed E-state index contributed by atoms with van der Waals surface area (Å²) >= 11 is 1.59. The highest BCUT2D eigenvalue weighted by atomic mass is 127. The largest absolute Gasteiger partial charge is 1.00 e. The lowest BCUT2D eigenvalue weighted by molar-refractivity contribution is -0.917. The Morgan fingerprint density at radius 2 is 2.17 bits per heavy atom. The number of nitrogens with zero attached hydrogens (tertiary/aromatic N) is 1. The summed E-state index contributed by atoms with van der Waals surface area (Å²) in [5.41, 5.74) is 0.875. The predicted octanol–water partition coefficient (Wildman–Crippen LogP) is -0.808. The minimum absolute atomic E-state index is 0. The Labute approximate surface area is 130 Å². The molecule has 0 bridgehead atoms. The first-order valence-electron chi connectivity index (χ1n) is 6.16. The standard InChI is InChI=1S/C13H20NO2S.HI/c1-14(6-8-16-9-7-14)5-2-3-13(15)12-4-10-17-11-12;/h4,10-11H,2-3,5-9H2,1H3;1H/q+1;/p-1. The third kappa shape index (κ3) is 4.60. The molecule has 0 aliphatic carbocycles. The van der Waals surface area contributed by atoms with Gasteiger partial charge in [0.1, 0.15) is 13.1 Å². The van der Waals surface area contributed by atoms with E-state index in [9.17, 15) is 4.79 Å². The molecule has 1 saturated heterocycles. The maximum atomic E-state index is 11.8. The van der Waals surface area contributed by atoms with Gasteiger partial charge in [-0.25, -0.2) is 0 Å². The maximum Gasteiger partial charge on any atom is 0.163 e. The highest BCUT2D eigenvalue weighted by Gasteiger charge is 2.24. The molecule has 0 saturated carbocycles. The normalized spacial score (nSPS) is 18.1. The lowest BCUT2D eigenvalue weighted by Gasteiger charge is -2.37. The first kappa shape index (κ1) is 16.1. The third-order valence-electron chi connectivity index (χ3n) is 3.50. The molecule has 5 heteroatoms. The second-order valence-electron chi connectivity index (χ2n) is 4.94. The predicted molar refractivity (Wildman–Crippen MR) is 69.5 cm³/mol. The van der Waals surface area contributed by atoms with E-state index < -0.39 is 0 Å². The number of hydrogen-bond acceptors (Lipinski definition) is 3. The average Bonchev–Trinajstić information content (AvgIpc) is 2.83. The van der Waals surface area contributed by atoms with Gasteiger partial charge in [-0.15, -0.1) is 0 Å². The Morgan fingerprint density at radius 1 is 1.44 bits per heavy atom. The number of quaternary nitrogens is 1. The number of ketones is 1. The number of morpholine rings is 1. The van der Waals surface area contributed by atoms with Gasteiger partial charge < -0.3 is 33.2 Å². The van der Waals surface area contributed by atoms with Crippen molar-refractivity contribution in [3.63, 3.8) is 0 Å². The average molecular weight is 381 g/mol. The van der Waals surface area contributed by atoms with Gasteiger partial charge in [0.15, 0.2) is 5.78 Å². The van der Waals surface area contributed by atoms with Crippen LogP contribution < -0.4 is 24.0 Å². The van der Waals surface area contributed by atoms with Crippen LogP contribution in [-0.4, -0.2) is 50.2 Å². The summed E-state index contributed by atoms with van der Waals surface area (Å²) in [5.74, 6) is 0.283. The van der Waals surface area contributed by atoms with E-state index in [1.165, 1.54) is 0 Å². The molecule has 0 radical (unpaired) electrons. The molecule has 1 aromatic rings. The fraction of sp³-hybridized carbons (Fsp3) is 0.615. The molecule has 1 aliphatic rings. The minimum Gasteiger partial charge on any atom is -1.00 e. The molecule has 102 valence electrons. The van der Waals surface area contributed by atoms with Crippen molar-refractivity contribution in [2.75, 3.05) is 39.9 Å². The molecular formula is C13H20INO2S. The summed E-state index contributed by atoms with van der Waals surface area (Å²) in [7, 11) is 2.26. The van der Waals surface area contributed by atoms with Crippen LogP contribution in [0.3, 0.4) is 0 Å². The third-order valence-corrected chi connectivity index (χ3v) is 4.18. The van der Waals surface area contributed by atoms with E-state index in [0.29, 0.717) is 6.42 Å². The summed E-state index contributed by atoms with van der Waals surface area (Å²) in [4.78, 5) is 11.8. The fourth-order valence-electron chi connectivity index (χ4n) is 2.20. The quantitative estimate of drug-likeness (QED) is 0.379. The molecule has 18 heavy (non-hydrogen) atoms. The summed E-state index contributed by atoms with van der Waals surface area (Å²) in [6.07, 6.45) is 1.65. The molecule has 1 aromatic heterocycles. The minimum atomic E-state index is 0. The summed E-state index contributed by atoms with van der Waals surface area (Å²) in [6.45, 7) is 4.95. The van der Waals surface area contributed by atoms with Crippen LogP contribution in [-0.2, 0) is 4.74 Å². The Kier molecular flexibility index (Phi) is 6.76. The molecule has 0 aromatic carbocycles. The topological polar surface area (TPSA) is 26.3 Å². The van der Waals surface area contributed by atoms with E-state index in [0.717, 1.165) is 49.3 Å². The molecule has 0 unspecified atom stereocenters.